The van der Waals surface area contributed by atoms with Crippen molar-refractivity contribution in [2.45, 2.75) is 45.8 Å². The summed E-state index contributed by atoms with van der Waals surface area (Å²) < 4.78 is 2.20. The molecule has 2 aromatic rings. The van der Waals surface area contributed by atoms with Crippen LogP contribution in [0.2, 0.25) is 0 Å². The Labute approximate surface area is 148 Å². The van der Waals surface area contributed by atoms with Gasteiger partial charge in [-0.25, -0.2) is 9.78 Å². The van der Waals surface area contributed by atoms with Gasteiger partial charge in [-0.1, -0.05) is 12.1 Å². The zero-order valence-electron chi connectivity index (χ0n) is 15.1. The van der Waals surface area contributed by atoms with E-state index in [2.05, 4.69) is 20.9 Å². The standard InChI is InChI=1S/C19H28N4O2/c1-14(24)16-7-5-11-22(13-16)19(25)20-10-6-12-23-15(2)21-17-8-3-4-9-18(17)23/h3-4,8-9,14,16,24H,5-7,10-13H2,1-2H3,(H,20,25). The van der Waals surface area contributed by atoms with Crippen molar-refractivity contribution in [3.8, 4) is 0 Å². The van der Waals surface area contributed by atoms with Gasteiger partial charge in [0.15, 0.2) is 0 Å². The molecule has 0 spiro atoms. The van der Waals surface area contributed by atoms with Crippen LogP contribution in [0.5, 0.6) is 0 Å². The molecule has 25 heavy (non-hydrogen) atoms. The van der Waals surface area contributed by atoms with Crippen LogP contribution >= 0.6 is 0 Å². The van der Waals surface area contributed by atoms with Crippen LogP contribution in [0.25, 0.3) is 11.0 Å². The number of piperidine rings is 1. The number of carbonyl (C=O) groups excluding carboxylic acids is 1. The molecule has 1 aromatic heterocycles. The number of hydrogen-bond donors (Lipinski definition) is 2. The van der Waals surface area contributed by atoms with E-state index in [1.54, 1.807) is 0 Å². The Morgan fingerprint density at radius 3 is 3.04 bits per heavy atom. The van der Waals surface area contributed by atoms with Crippen molar-refractivity contribution >= 4 is 17.1 Å². The van der Waals surface area contributed by atoms with E-state index in [-0.39, 0.29) is 18.1 Å². The fourth-order valence-electron chi connectivity index (χ4n) is 3.61. The predicted octanol–water partition coefficient (Wildman–Crippen LogP) is 2.54. The minimum Gasteiger partial charge on any atom is -0.393 e. The Morgan fingerprint density at radius 1 is 1.44 bits per heavy atom. The van der Waals surface area contributed by atoms with Gasteiger partial charge in [-0.2, -0.15) is 0 Å². The Morgan fingerprint density at radius 2 is 2.24 bits per heavy atom. The van der Waals surface area contributed by atoms with E-state index in [0.717, 1.165) is 49.2 Å². The van der Waals surface area contributed by atoms with Gasteiger partial charge in [0.2, 0.25) is 0 Å². The molecule has 2 unspecified atom stereocenters. The maximum absolute atomic E-state index is 12.3. The lowest BCUT2D eigenvalue weighted by Gasteiger charge is -2.34. The number of fused-ring (bicyclic) bond motifs is 1. The Hall–Kier alpha value is -2.08. The van der Waals surface area contributed by atoms with Crippen molar-refractivity contribution in [1.82, 2.24) is 19.8 Å². The molecule has 0 saturated carbocycles. The van der Waals surface area contributed by atoms with Gasteiger partial charge < -0.3 is 19.9 Å². The van der Waals surface area contributed by atoms with E-state index < -0.39 is 0 Å². The normalized spacial score (nSPS) is 19.2. The van der Waals surface area contributed by atoms with Gasteiger partial charge in [0, 0.05) is 32.1 Å². The van der Waals surface area contributed by atoms with E-state index in [0.29, 0.717) is 13.1 Å². The van der Waals surface area contributed by atoms with Gasteiger partial charge in [0.25, 0.3) is 0 Å². The topological polar surface area (TPSA) is 70.4 Å². The van der Waals surface area contributed by atoms with Crippen molar-refractivity contribution < 1.29 is 9.90 Å². The number of imidazole rings is 1. The molecular formula is C19H28N4O2. The minimum atomic E-state index is -0.354. The molecule has 2 heterocycles. The number of carbonyl (C=O) groups is 1. The number of aromatic nitrogens is 2. The number of rotatable bonds is 5. The quantitative estimate of drug-likeness (QED) is 0.819. The highest BCUT2D eigenvalue weighted by Gasteiger charge is 2.26. The molecule has 6 heteroatoms. The summed E-state index contributed by atoms with van der Waals surface area (Å²) in [6.07, 6.45) is 2.46. The zero-order chi connectivity index (χ0) is 17.8. The molecule has 2 atom stereocenters. The van der Waals surface area contributed by atoms with E-state index in [1.807, 2.05) is 36.9 Å². The first-order valence-electron chi connectivity index (χ1n) is 9.19. The number of nitrogens with zero attached hydrogens (tertiary/aromatic N) is 3. The first kappa shape index (κ1) is 17.7. The molecule has 1 fully saturated rings. The maximum Gasteiger partial charge on any atom is 0.317 e. The van der Waals surface area contributed by atoms with Crippen LogP contribution in [0, 0.1) is 12.8 Å². The van der Waals surface area contributed by atoms with Crippen LogP contribution in [0.3, 0.4) is 0 Å². The number of nitrogens with one attached hydrogen (secondary N) is 1. The highest BCUT2D eigenvalue weighted by Crippen LogP contribution is 2.19. The summed E-state index contributed by atoms with van der Waals surface area (Å²) in [6, 6.07) is 8.11. The summed E-state index contributed by atoms with van der Waals surface area (Å²) in [5.41, 5.74) is 2.16. The predicted molar refractivity (Wildman–Crippen MR) is 98.5 cm³/mol. The lowest BCUT2D eigenvalue weighted by Crippen LogP contribution is -2.47. The van der Waals surface area contributed by atoms with Crippen molar-refractivity contribution in [2.75, 3.05) is 19.6 Å². The first-order chi connectivity index (χ1) is 12.1. The molecule has 1 aliphatic heterocycles. The second-order valence-corrected chi connectivity index (χ2v) is 6.97. The molecule has 136 valence electrons. The number of aryl methyl sites for hydroxylation is 2. The van der Waals surface area contributed by atoms with Crippen LogP contribution < -0.4 is 5.32 Å². The number of urea groups is 1. The maximum atomic E-state index is 12.3. The van der Waals surface area contributed by atoms with Crippen molar-refractivity contribution in [2.24, 2.45) is 5.92 Å². The smallest absolute Gasteiger partial charge is 0.317 e. The van der Waals surface area contributed by atoms with Crippen LogP contribution in [0.1, 0.15) is 32.0 Å². The molecule has 1 aliphatic rings. The monoisotopic (exact) mass is 344 g/mol. The second kappa shape index (κ2) is 7.87. The molecule has 0 radical (unpaired) electrons. The van der Waals surface area contributed by atoms with Gasteiger partial charge in [-0.15, -0.1) is 0 Å². The fourth-order valence-corrected chi connectivity index (χ4v) is 3.61. The average Bonchev–Trinajstić information content (AvgIpc) is 2.94. The zero-order valence-corrected chi connectivity index (χ0v) is 15.1. The van der Waals surface area contributed by atoms with Gasteiger partial charge in [-0.3, -0.25) is 0 Å². The number of aliphatic hydroxyl groups is 1. The number of benzene rings is 1. The number of likely N-dealkylation sites (tertiary alicyclic amines) is 1. The lowest BCUT2D eigenvalue weighted by molar-refractivity contribution is 0.0739. The second-order valence-electron chi connectivity index (χ2n) is 6.97. The molecule has 0 aliphatic carbocycles. The van der Waals surface area contributed by atoms with E-state index in [4.69, 9.17) is 0 Å². The van der Waals surface area contributed by atoms with Gasteiger partial charge >= 0.3 is 6.03 Å². The van der Waals surface area contributed by atoms with Crippen molar-refractivity contribution in [1.29, 1.82) is 0 Å². The highest BCUT2D eigenvalue weighted by atomic mass is 16.3. The van der Waals surface area contributed by atoms with Crippen LogP contribution in [-0.2, 0) is 6.54 Å². The van der Waals surface area contributed by atoms with Gasteiger partial charge in [0.05, 0.1) is 17.1 Å². The molecule has 3 rings (SSSR count). The van der Waals surface area contributed by atoms with Crippen molar-refractivity contribution in [3.63, 3.8) is 0 Å². The summed E-state index contributed by atoms with van der Waals surface area (Å²) in [5.74, 6) is 1.20. The molecule has 1 aromatic carbocycles. The third-order valence-electron chi connectivity index (χ3n) is 5.11. The minimum absolute atomic E-state index is 0.0161. The average molecular weight is 344 g/mol. The molecule has 1 saturated heterocycles. The number of aliphatic hydroxyl groups excluding tert-OH is 1. The summed E-state index contributed by atoms with van der Waals surface area (Å²) in [5, 5.41) is 12.8. The largest absolute Gasteiger partial charge is 0.393 e. The van der Waals surface area contributed by atoms with E-state index >= 15 is 0 Å². The summed E-state index contributed by atoms with van der Waals surface area (Å²) >= 11 is 0. The molecule has 6 nitrogen and oxygen atoms in total. The molecule has 2 amide bonds. The van der Waals surface area contributed by atoms with Gasteiger partial charge in [0.1, 0.15) is 5.82 Å². The number of hydrogen-bond acceptors (Lipinski definition) is 3. The summed E-state index contributed by atoms with van der Waals surface area (Å²) in [6.45, 7) is 6.73. The molecule has 0 bridgehead atoms. The SMILES string of the molecule is Cc1nc2ccccc2n1CCCNC(=O)N1CCCC(C(C)O)C1. The van der Waals surface area contributed by atoms with E-state index in [9.17, 15) is 9.90 Å². The molecular weight excluding hydrogens is 316 g/mol. The van der Waals surface area contributed by atoms with Crippen molar-refractivity contribution in [3.05, 3.63) is 30.1 Å². The number of para-hydroxylation sites is 2. The third-order valence-corrected chi connectivity index (χ3v) is 5.11. The van der Waals surface area contributed by atoms with Crippen LogP contribution in [0.4, 0.5) is 4.79 Å². The van der Waals surface area contributed by atoms with E-state index in [1.165, 1.54) is 0 Å². The Balaban J connectivity index is 1.48. The van der Waals surface area contributed by atoms with Crippen LogP contribution in [-0.4, -0.2) is 51.3 Å². The van der Waals surface area contributed by atoms with Gasteiger partial charge in [-0.05, 0) is 45.2 Å². The van der Waals surface area contributed by atoms with Crippen LogP contribution in [0.15, 0.2) is 24.3 Å². The Kier molecular flexibility index (Phi) is 5.58. The Bertz CT molecular complexity index is 725. The molecule has 2 N–H and O–H groups in total. The highest BCUT2D eigenvalue weighted by molar-refractivity contribution is 5.76. The first-order valence-corrected chi connectivity index (χ1v) is 9.19. The summed E-state index contributed by atoms with van der Waals surface area (Å²) in [7, 11) is 0. The summed E-state index contributed by atoms with van der Waals surface area (Å²) in [4.78, 5) is 18.7. The third kappa shape index (κ3) is 4.12. The number of amides is 2. The lowest BCUT2D eigenvalue weighted by atomic mass is 9.94. The fraction of sp³-hybridized carbons (Fsp3) is 0.579.